The fraction of sp³-hybridized carbons (Fsp3) is 0.281. The van der Waals surface area contributed by atoms with Gasteiger partial charge in [0, 0.05) is 75.2 Å². The minimum Gasteiger partial charge on any atom is -0.462 e. The van der Waals surface area contributed by atoms with E-state index in [1.165, 1.54) is 20.1 Å². The van der Waals surface area contributed by atoms with E-state index < -0.39 is 68.4 Å². The van der Waals surface area contributed by atoms with Crippen LogP contribution in [0.4, 0.5) is 32.4 Å². The summed E-state index contributed by atoms with van der Waals surface area (Å²) in [5.41, 5.74) is -0.506. The number of hydrogen-bond acceptors (Lipinski definition) is 15. The van der Waals surface area contributed by atoms with Crippen LogP contribution in [0.15, 0.2) is 107 Å². The van der Waals surface area contributed by atoms with Crippen molar-refractivity contribution in [2.45, 2.75) is 64.9 Å². The standard InChI is InChI=1S/C26H20F2N4O3S.C18H10F3NO3S.C13H19N3O2/c1-2-35-26(34)20-24(33)15-11-16(27)23(31-10-7-14(13-31)17-12-29-8-9-30-17)21(28)22(15)32-18-5-3-4-6-19(18)36-25(20)32;1-2-25-18(24)12-16(23)8-7-9(19)13(20)14(21)15(8)22-10-5-3-4-6-11(10)26-17(12)22;1-13(2,3)18-12(17)16-7-4-10(9-16)11-8-14-5-6-15-11/h3-6,8-9,11-12,14H,2,7,10,13H2,1H3;3-7H,2H2,1H3;5-6,8,10H,4,7,9H2,1-3H3. The molecule has 6 aromatic heterocycles. The molecule has 2 saturated heterocycles. The number of carbonyl (C=O) groups excluding carboxylic acids is 3. The van der Waals surface area contributed by atoms with Gasteiger partial charge in [-0.15, -0.1) is 22.7 Å². The monoisotopic (exact) mass is 1130 g/mol. The molecule has 0 aliphatic carbocycles. The minimum absolute atomic E-state index is 0.0240. The predicted molar refractivity (Wildman–Crippen MR) is 294 cm³/mol. The number of thiazole rings is 2. The van der Waals surface area contributed by atoms with Crippen LogP contribution in [0.5, 0.6) is 0 Å². The summed E-state index contributed by atoms with van der Waals surface area (Å²) in [5.74, 6) is -7.81. The van der Waals surface area contributed by atoms with Crippen molar-refractivity contribution in [3.05, 3.63) is 170 Å². The van der Waals surface area contributed by atoms with Gasteiger partial charge in [0.15, 0.2) is 23.3 Å². The molecule has 2 atom stereocenters. The SMILES string of the molecule is CC(C)(C)OC(=O)N1CCC(c2cnccn2)C1.CCOC(=O)c1c(=O)c2cc(F)c(F)c(F)c2n2c1sc1ccccc12.CCOC(=O)c1c(=O)c2cc(F)c(N3CCC(c4cnccn4)C3)c(F)c2n2c1sc1ccccc12. The van der Waals surface area contributed by atoms with Crippen LogP contribution in [0.2, 0.25) is 0 Å². The Labute approximate surface area is 459 Å². The molecule has 0 spiro atoms. The summed E-state index contributed by atoms with van der Waals surface area (Å²) in [6.07, 6.45) is 11.3. The maximum atomic E-state index is 16.3. The van der Waals surface area contributed by atoms with Crippen molar-refractivity contribution in [3.63, 3.8) is 0 Å². The van der Waals surface area contributed by atoms with Crippen LogP contribution in [0.25, 0.3) is 51.9 Å². The molecule has 1 amide bonds. The third kappa shape index (κ3) is 10.3. The van der Waals surface area contributed by atoms with E-state index in [-0.39, 0.29) is 68.5 Å². The fourth-order valence-corrected chi connectivity index (χ4v) is 12.3. The van der Waals surface area contributed by atoms with Gasteiger partial charge in [0.1, 0.15) is 37.9 Å². The molecule has 2 fully saturated rings. The number of para-hydroxylation sites is 2. The molecular weight excluding hydrogens is 1080 g/mol. The molecule has 2 unspecified atom stereocenters. The van der Waals surface area contributed by atoms with Gasteiger partial charge in [-0.1, -0.05) is 24.3 Å². The van der Waals surface area contributed by atoms with Gasteiger partial charge in [-0.25, -0.2) is 36.3 Å². The molecule has 0 radical (unpaired) electrons. The zero-order chi connectivity index (χ0) is 56.7. The lowest BCUT2D eigenvalue weighted by molar-refractivity contribution is 0.0291. The first-order chi connectivity index (χ1) is 38.4. The number of anilines is 1. The van der Waals surface area contributed by atoms with Gasteiger partial charge in [0.05, 0.1) is 66.8 Å². The van der Waals surface area contributed by atoms with Crippen LogP contribution in [0, 0.1) is 29.1 Å². The van der Waals surface area contributed by atoms with Crippen molar-refractivity contribution in [1.29, 1.82) is 0 Å². The summed E-state index contributed by atoms with van der Waals surface area (Å²) in [6.45, 7) is 11.1. The van der Waals surface area contributed by atoms with Crippen LogP contribution in [-0.2, 0) is 14.2 Å². The van der Waals surface area contributed by atoms with Crippen LogP contribution in [-0.4, -0.2) is 96.7 Å². The molecule has 23 heteroatoms. The molecule has 4 aromatic carbocycles. The Bertz CT molecular complexity index is 4190. The third-order valence-electron chi connectivity index (χ3n) is 13.5. The largest absolute Gasteiger partial charge is 0.462 e. The van der Waals surface area contributed by atoms with Crippen molar-refractivity contribution >= 4 is 98.3 Å². The second kappa shape index (κ2) is 22.4. The lowest BCUT2D eigenvalue weighted by Crippen LogP contribution is -2.35. The molecular formula is C57H49F5N8O8S2. The second-order valence-electron chi connectivity index (χ2n) is 19.7. The van der Waals surface area contributed by atoms with Crippen LogP contribution in [0.1, 0.15) is 91.4 Å². The summed E-state index contributed by atoms with van der Waals surface area (Å²) in [5, 5.41) is -0.631. The smallest absolute Gasteiger partial charge is 0.410 e. The van der Waals surface area contributed by atoms with Gasteiger partial charge >= 0.3 is 18.0 Å². The van der Waals surface area contributed by atoms with E-state index in [4.69, 9.17) is 14.2 Å². The van der Waals surface area contributed by atoms with E-state index in [0.717, 1.165) is 46.5 Å². The molecule has 80 heavy (non-hydrogen) atoms. The van der Waals surface area contributed by atoms with Gasteiger partial charge in [-0.05, 0) is 83.9 Å². The Hall–Kier alpha value is -8.44. The summed E-state index contributed by atoms with van der Waals surface area (Å²) in [7, 11) is 0. The average molecular weight is 1130 g/mol. The van der Waals surface area contributed by atoms with E-state index in [9.17, 15) is 37.1 Å². The zero-order valence-corrected chi connectivity index (χ0v) is 45.2. The van der Waals surface area contributed by atoms with Crippen molar-refractivity contribution in [2.75, 3.05) is 44.3 Å². The van der Waals surface area contributed by atoms with Gasteiger partial charge < -0.3 is 24.0 Å². The number of likely N-dealkylation sites (tertiary alicyclic amines) is 1. The van der Waals surface area contributed by atoms with E-state index in [0.29, 0.717) is 47.9 Å². The number of esters is 2. The Morgan fingerprint density at radius 2 is 1.12 bits per heavy atom. The van der Waals surface area contributed by atoms with Crippen LogP contribution >= 0.6 is 22.7 Å². The van der Waals surface area contributed by atoms with Gasteiger partial charge in [-0.2, -0.15) is 0 Å². The van der Waals surface area contributed by atoms with Crippen molar-refractivity contribution in [2.24, 2.45) is 0 Å². The Morgan fingerprint density at radius 3 is 1.62 bits per heavy atom. The summed E-state index contributed by atoms with van der Waals surface area (Å²) in [4.78, 5) is 83.8. The average Bonchev–Trinajstić information content (AvgIpc) is 4.38. The first-order valence-electron chi connectivity index (χ1n) is 25.4. The number of halogens is 5. The highest BCUT2D eigenvalue weighted by molar-refractivity contribution is 7.24. The van der Waals surface area contributed by atoms with Crippen LogP contribution < -0.4 is 15.8 Å². The van der Waals surface area contributed by atoms with Crippen LogP contribution in [0.3, 0.4) is 0 Å². The number of aromatic nitrogens is 6. The number of rotatable bonds is 7. The summed E-state index contributed by atoms with van der Waals surface area (Å²) < 4.78 is 93.6. The highest BCUT2D eigenvalue weighted by atomic mass is 32.1. The third-order valence-corrected chi connectivity index (χ3v) is 15.8. The molecule has 2 aliphatic heterocycles. The van der Waals surface area contributed by atoms with E-state index in [1.807, 2.05) is 32.9 Å². The summed E-state index contributed by atoms with van der Waals surface area (Å²) in [6, 6.07) is 15.6. The molecule has 16 nitrogen and oxygen atoms in total. The summed E-state index contributed by atoms with van der Waals surface area (Å²) >= 11 is 2.26. The molecule has 412 valence electrons. The number of amides is 1. The number of pyridine rings is 2. The van der Waals surface area contributed by atoms with Crippen molar-refractivity contribution in [3.8, 4) is 0 Å². The number of fused-ring (bicyclic) bond motifs is 10. The van der Waals surface area contributed by atoms with E-state index in [1.54, 1.807) is 97.2 Å². The highest BCUT2D eigenvalue weighted by Gasteiger charge is 2.34. The van der Waals surface area contributed by atoms with Gasteiger partial charge in [-0.3, -0.25) is 38.3 Å². The molecule has 0 N–H and O–H groups in total. The van der Waals surface area contributed by atoms with E-state index in [2.05, 4.69) is 19.9 Å². The molecule has 10 aromatic rings. The maximum Gasteiger partial charge on any atom is 0.410 e. The quantitative estimate of drug-likeness (QED) is 0.0637. The van der Waals surface area contributed by atoms with Gasteiger partial charge in [0.2, 0.25) is 10.9 Å². The molecule has 8 heterocycles. The first kappa shape index (κ1) is 54.9. The predicted octanol–water partition coefficient (Wildman–Crippen LogP) is 11.4. The second-order valence-corrected chi connectivity index (χ2v) is 21.7. The number of ether oxygens (including phenoxy) is 3. The lowest BCUT2D eigenvalue weighted by Gasteiger charge is -2.24. The topological polar surface area (TPSA) is 180 Å². The van der Waals surface area contributed by atoms with Gasteiger partial charge in [0.25, 0.3) is 0 Å². The minimum atomic E-state index is -1.68. The number of benzene rings is 4. The lowest BCUT2D eigenvalue weighted by atomic mass is 10.1. The first-order valence-corrected chi connectivity index (χ1v) is 27.0. The zero-order valence-electron chi connectivity index (χ0n) is 43.6. The normalized spacial score (nSPS) is 15.4. The maximum absolute atomic E-state index is 16.3. The van der Waals surface area contributed by atoms with Crippen molar-refractivity contribution < 1.29 is 50.5 Å². The van der Waals surface area contributed by atoms with E-state index >= 15 is 8.78 Å². The van der Waals surface area contributed by atoms with Crippen molar-refractivity contribution in [1.82, 2.24) is 33.6 Å². The molecule has 2 aliphatic rings. The number of carbonyl (C=O) groups is 3. The highest BCUT2D eigenvalue weighted by Crippen LogP contribution is 2.39. The fourth-order valence-electron chi connectivity index (χ4n) is 9.97. The Morgan fingerprint density at radius 1 is 0.637 bits per heavy atom. The number of hydrogen-bond donors (Lipinski definition) is 0. The Kier molecular flexibility index (Phi) is 15.3. The Balaban J connectivity index is 0.000000144. The molecule has 0 saturated carbocycles. The number of nitrogens with zero attached hydrogens (tertiary/aromatic N) is 8. The molecule has 12 rings (SSSR count). The molecule has 0 bridgehead atoms.